The summed E-state index contributed by atoms with van der Waals surface area (Å²) in [5.41, 5.74) is 1.71. The number of aromatic nitrogens is 4. The highest BCUT2D eigenvalue weighted by Crippen LogP contribution is 2.32. The molecule has 2 atom stereocenters. The lowest BCUT2D eigenvalue weighted by Crippen LogP contribution is -2.34. The van der Waals surface area contributed by atoms with Crippen LogP contribution in [-0.2, 0) is 0 Å². The monoisotopic (exact) mass is 302 g/mol. The molecule has 0 radical (unpaired) electrons. The first-order valence-corrected chi connectivity index (χ1v) is 6.05. The van der Waals surface area contributed by atoms with E-state index in [9.17, 15) is 0 Å². The molecule has 0 unspecified atom stereocenters. The molecular weight excluding hydrogens is 287 g/mol. The van der Waals surface area contributed by atoms with Crippen LogP contribution >= 0.6 is 24.8 Å². The van der Waals surface area contributed by atoms with Gasteiger partial charge in [-0.25, -0.2) is 15.0 Å². The molecular formula is C11H16Cl2N6. The number of imidazole rings is 1. The third-order valence-electron chi connectivity index (χ3n) is 3.92. The quantitative estimate of drug-likeness (QED) is 0.822. The van der Waals surface area contributed by atoms with Crippen molar-refractivity contribution in [2.75, 3.05) is 24.5 Å². The van der Waals surface area contributed by atoms with Gasteiger partial charge in [0.15, 0.2) is 11.5 Å². The second-order valence-electron chi connectivity index (χ2n) is 4.77. The van der Waals surface area contributed by atoms with Gasteiger partial charge in [-0.05, 0) is 12.3 Å². The van der Waals surface area contributed by atoms with Crippen LogP contribution in [0.3, 0.4) is 0 Å². The highest BCUT2D eigenvalue weighted by Gasteiger charge is 2.38. The van der Waals surface area contributed by atoms with Crippen molar-refractivity contribution in [3.8, 4) is 0 Å². The van der Waals surface area contributed by atoms with Crippen molar-refractivity contribution in [1.82, 2.24) is 25.3 Å². The molecule has 0 bridgehead atoms. The second kappa shape index (κ2) is 5.48. The summed E-state index contributed by atoms with van der Waals surface area (Å²) in [7, 11) is 0. The number of anilines is 1. The van der Waals surface area contributed by atoms with Crippen LogP contribution in [0.25, 0.3) is 11.2 Å². The first-order valence-electron chi connectivity index (χ1n) is 6.05. The van der Waals surface area contributed by atoms with Crippen LogP contribution in [0.15, 0.2) is 12.7 Å². The van der Waals surface area contributed by atoms with E-state index in [0.29, 0.717) is 6.04 Å². The highest BCUT2D eigenvalue weighted by atomic mass is 35.5. The van der Waals surface area contributed by atoms with E-state index in [1.807, 2.05) is 0 Å². The van der Waals surface area contributed by atoms with Gasteiger partial charge in [0.1, 0.15) is 11.8 Å². The Labute approximate surface area is 123 Å². The van der Waals surface area contributed by atoms with E-state index in [0.717, 1.165) is 42.5 Å². The Bertz CT molecular complexity index is 559. The molecule has 2 aliphatic rings. The summed E-state index contributed by atoms with van der Waals surface area (Å²) in [5, 5.41) is 3.46. The molecule has 0 spiro atoms. The largest absolute Gasteiger partial charge is 0.350 e. The number of fused-ring (bicyclic) bond motifs is 2. The number of nitrogens with zero attached hydrogens (tertiary/aromatic N) is 4. The van der Waals surface area contributed by atoms with Crippen LogP contribution in [0.4, 0.5) is 5.82 Å². The molecule has 8 heteroatoms. The van der Waals surface area contributed by atoms with Gasteiger partial charge >= 0.3 is 0 Å². The first kappa shape index (κ1) is 14.3. The van der Waals surface area contributed by atoms with Crippen LogP contribution in [-0.4, -0.2) is 45.6 Å². The number of hydrogen-bond donors (Lipinski definition) is 2. The summed E-state index contributed by atoms with van der Waals surface area (Å²) in [6.45, 7) is 3.28. The predicted octanol–water partition coefficient (Wildman–Crippen LogP) is 0.995. The lowest BCUT2D eigenvalue weighted by atomic mass is 10.1. The Balaban J connectivity index is 0.000000667. The zero-order valence-corrected chi connectivity index (χ0v) is 11.9. The topological polar surface area (TPSA) is 69.7 Å². The summed E-state index contributed by atoms with van der Waals surface area (Å²) in [6, 6.07) is 0.580. The molecule has 4 heterocycles. The maximum Gasteiger partial charge on any atom is 0.182 e. The van der Waals surface area contributed by atoms with Gasteiger partial charge in [0.05, 0.1) is 6.33 Å². The van der Waals surface area contributed by atoms with Crippen molar-refractivity contribution in [3.63, 3.8) is 0 Å². The molecule has 6 nitrogen and oxygen atoms in total. The second-order valence-corrected chi connectivity index (χ2v) is 4.77. The van der Waals surface area contributed by atoms with Gasteiger partial charge < -0.3 is 15.2 Å². The summed E-state index contributed by atoms with van der Waals surface area (Å²) in [6.07, 6.45) is 4.54. The molecule has 2 saturated heterocycles. The van der Waals surface area contributed by atoms with Gasteiger partial charge in [-0.2, -0.15) is 0 Å². The molecule has 0 saturated carbocycles. The first-order chi connectivity index (χ1) is 8.43. The van der Waals surface area contributed by atoms with E-state index < -0.39 is 0 Å². The summed E-state index contributed by atoms with van der Waals surface area (Å²) in [4.78, 5) is 18.3. The highest BCUT2D eigenvalue weighted by molar-refractivity contribution is 5.85. The van der Waals surface area contributed by atoms with Gasteiger partial charge in [-0.1, -0.05) is 0 Å². The smallest absolute Gasteiger partial charge is 0.182 e. The van der Waals surface area contributed by atoms with Gasteiger partial charge in [0, 0.05) is 25.7 Å². The average molecular weight is 303 g/mol. The number of halogens is 2. The van der Waals surface area contributed by atoms with Crippen molar-refractivity contribution >= 4 is 41.8 Å². The minimum absolute atomic E-state index is 0. The number of aromatic amines is 1. The van der Waals surface area contributed by atoms with Crippen molar-refractivity contribution in [2.24, 2.45) is 5.92 Å². The zero-order chi connectivity index (χ0) is 11.2. The van der Waals surface area contributed by atoms with E-state index in [1.54, 1.807) is 12.7 Å². The van der Waals surface area contributed by atoms with Gasteiger partial charge in [-0.3, -0.25) is 0 Å². The van der Waals surface area contributed by atoms with Crippen LogP contribution in [0.1, 0.15) is 6.42 Å². The molecule has 2 aromatic rings. The van der Waals surface area contributed by atoms with Crippen LogP contribution < -0.4 is 10.2 Å². The number of rotatable bonds is 1. The minimum Gasteiger partial charge on any atom is -0.350 e. The average Bonchev–Trinajstić information content (AvgIpc) is 3.04. The third kappa shape index (κ3) is 2.13. The number of H-pyrrole nitrogens is 1. The molecule has 104 valence electrons. The zero-order valence-electron chi connectivity index (χ0n) is 10.2. The molecule has 0 aromatic carbocycles. The lowest BCUT2D eigenvalue weighted by molar-refractivity contribution is 0.577. The molecule has 0 amide bonds. The van der Waals surface area contributed by atoms with Gasteiger partial charge in [-0.15, -0.1) is 24.8 Å². The van der Waals surface area contributed by atoms with E-state index in [-0.39, 0.29) is 24.8 Å². The van der Waals surface area contributed by atoms with Gasteiger partial charge in [0.2, 0.25) is 0 Å². The molecule has 0 aliphatic carbocycles. The van der Waals surface area contributed by atoms with E-state index in [1.165, 1.54) is 6.42 Å². The third-order valence-corrected chi connectivity index (χ3v) is 3.92. The Morgan fingerprint density at radius 2 is 2.05 bits per heavy atom. The fourth-order valence-corrected chi connectivity index (χ4v) is 3.08. The molecule has 19 heavy (non-hydrogen) atoms. The van der Waals surface area contributed by atoms with Crippen molar-refractivity contribution < 1.29 is 0 Å². The molecule has 4 rings (SSSR count). The van der Waals surface area contributed by atoms with Crippen LogP contribution in [0.5, 0.6) is 0 Å². The normalized spacial score (nSPS) is 24.9. The van der Waals surface area contributed by atoms with Crippen molar-refractivity contribution in [1.29, 1.82) is 0 Å². The predicted molar refractivity (Wildman–Crippen MR) is 78.3 cm³/mol. The Hall–Kier alpha value is -1.11. The lowest BCUT2D eigenvalue weighted by Gasteiger charge is -2.24. The minimum atomic E-state index is 0. The molecule has 2 aromatic heterocycles. The maximum absolute atomic E-state index is 4.44. The summed E-state index contributed by atoms with van der Waals surface area (Å²) < 4.78 is 0. The van der Waals surface area contributed by atoms with Crippen molar-refractivity contribution in [2.45, 2.75) is 12.5 Å². The molecule has 2 N–H and O–H groups in total. The Morgan fingerprint density at radius 1 is 1.16 bits per heavy atom. The SMILES string of the molecule is Cl.Cl.c1nc(N2CC[C@H]3CNC[C@H]32)c2[nH]cnc2n1. The fourth-order valence-electron chi connectivity index (χ4n) is 3.08. The van der Waals surface area contributed by atoms with Gasteiger partial charge in [0.25, 0.3) is 0 Å². The standard InChI is InChI=1S/C11H14N6.2ClH/c1-2-17(8-4-12-3-7(1)8)11-9-10(14-5-13-9)15-6-16-11;;/h5-8,12H,1-4H2,(H,13,14,15,16);2*1H/t7-,8+;;/m0../s1. The Morgan fingerprint density at radius 3 is 2.95 bits per heavy atom. The summed E-state index contributed by atoms with van der Waals surface area (Å²) in [5.74, 6) is 1.77. The number of hydrogen-bond acceptors (Lipinski definition) is 5. The molecule has 2 aliphatic heterocycles. The summed E-state index contributed by atoms with van der Waals surface area (Å²) >= 11 is 0. The van der Waals surface area contributed by atoms with E-state index >= 15 is 0 Å². The van der Waals surface area contributed by atoms with Crippen molar-refractivity contribution in [3.05, 3.63) is 12.7 Å². The van der Waals surface area contributed by atoms with Crippen LogP contribution in [0, 0.1) is 5.92 Å². The molecule has 2 fully saturated rings. The van der Waals surface area contributed by atoms with E-state index in [2.05, 4.69) is 30.2 Å². The fraction of sp³-hybridized carbons (Fsp3) is 0.545. The van der Waals surface area contributed by atoms with Crippen LogP contribution in [0.2, 0.25) is 0 Å². The Kier molecular flexibility index (Phi) is 4.13. The van der Waals surface area contributed by atoms with E-state index in [4.69, 9.17) is 0 Å². The number of nitrogens with one attached hydrogen (secondary N) is 2. The maximum atomic E-state index is 4.44.